The summed E-state index contributed by atoms with van der Waals surface area (Å²) in [7, 11) is 0. The van der Waals surface area contributed by atoms with E-state index < -0.39 is 0 Å². The highest BCUT2D eigenvalue weighted by Crippen LogP contribution is 2.27. The van der Waals surface area contributed by atoms with Crippen LogP contribution in [0.2, 0.25) is 0 Å². The molecule has 0 fully saturated rings. The molecule has 1 heterocycles. The summed E-state index contributed by atoms with van der Waals surface area (Å²) in [6.45, 7) is 4.09. The average molecular weight is 179 g/mol. The fourth-order valence-electron chi connectivity index (χ4n) is 1.04. The lowest BCUT2D eigenvalue weighted by Crippen LogP contribution is -2.14. The molecule has 64 valence electrons. The zero-order valence-electron chi connectivity index (χ0n) is 7.50. The summed E-state index contributed by atoms with van der Waals surface area (Å²) >= 11 is 1.73. The van der Waals surface area contributed by atoms with Crippen molar-refractivity contribution in [2.75, 3.05) is 0 Å². The lowest BCUT2D eigenvalue weighted by atomic mass is 9.85. The van der Waals surface area contributed by atoms with Crippen molar-refractivity contribution in [3.63, 3.8) is 0 Å². The van der Waals surface area contributed by atoms with Crippen LogP contribution in [0, 0.1) is 16.7 Å². The minimum absolute atomic E-state index is 0.176. The normalized spacial score (nSPS) is 15.1. The van der Waals surface area contributed by atoms with Crippen LogP contribution in [-0.2, 0) is 6.42 Å². The first-order valence-corrected chi connectivity index (χ1v) is 5.02. The van der Waals surface area contributed by atoms with E-state index in [9.17, 15) is 0 Å². The molecular formula is C10H13NS. The van der Waals surface area contributed by atoms with Crippen LogP contribution in [0.25, 0.3) is 0 Å². The van der Waals surface area contributed by atoms with Gasteiger partial charge in [-0.25, -0.2) is 0 Å². The first-order valence-electron chi connectivity index (χ1n) is 4.14. The van der Waals surface area contributed by atoms with Crippen LogP contribution in [0.1, 0.15) is 25.1 Å². The first kappa shape index (κ1) is 9.28. The number of nitrogens with zero attached hydrogens (tertiary/aromatic N) is 1. The molecule has 1 atom stereocenters. The van der Waals surface area contributed by atoms with Gasteiger partial charge in [0.15, 0.2) is 0 Å². The quantitative estimate of drug-likeness (QED) is 0.698. The fraction of sp³-hybridized carbons (Fsp3) is 0.500. The van der Waals surface area contributed by atoms with Crippen molar-refractivity contribution >= 4 is 11.3 Å². The Morgan fingerprint density at radius 2 is 2.42 bits per heavy atom. The van der Waals surface area contributed by atoms with Gasteiger partial charge in [0.05, 0.1) is 11.5 Å². The third-order valence-electron chi connectivity index (χ3n) is 2.19. The van der Waals surface area contributed by atoms with E-state index in [4.69, 9.17) is 5.26 Å². The molecule has 0 aromatic carbocycles. The Labute approximate surface area is 77.7 Å². The van der Waals surface area contributed by atoms with Gasteiger partial charge in [-0.2, -0.15) is 5.26 Å². The van der Waals surface area contributed by atoms with Crippen molar-refractivity contribution in [3.8, 4) is 6.07 Å². The molecule has 0 amide bonds. The molecule has 12 heavy (non-hydrogen) atoms. The molecule has 0 N–H and O–H groups in total. The maximum atomic E-state index is 8.94. The lowest BCUT2D eigenvalue weighted by molar-refractivity contribution is 0.426. The highest BCUT2D eigenvalue weighted by Gasteiger charge is 2.21. The third-order valence-corrected chi connectivity index (χ3v) is 3.07. The molecule has 0 saturated carbocycles. The van der Waals surface area contributed by atoms with Crippen LogP contribution in [0.5, 0.6) is 0 Å². The maximum absolute atomic E-state index is 8.94. The van der Waals surface area contributed by atoms with E-state index in [2.05, 4.69) is 24.4 Å². The van der Waals surface area contributed by atoms with Crippen LogP contribution in [0.4, 0.5) is 0 Å². The molecule has 1 aromatic rings. The van der Waals surface area contributed by atoms with Gasteiger partial charge in [-0.15, -0.1) is 11.3 Å². The summed E-state index contributed by atoms with van der Waals surface area (Å²) in [6.07, 6.45) is 1.80. The molecule has 0 aliphatic heterocycles. The molecule has 0 radical (unpaired) electrons. The second-order valence-electron chi connectivity index (χ2n) is 3.28. The highest BCUT2D eigenvalue weighted by molar-refractivity contribution is 7.09. The molecule has 0 saturated heterocycles. The molecule has 0 spiro atoms. The summed E-state index contributed by atoms with van der Waals surface area (Å²) < 4.78 is 0. The topological polar surface area (TPSA) is 23.8 Å². The van der Waals surface area contributed by atoms with E-state index in [1.807, 2.05) is 13.0 Å². The molecule has 1 aromatic heterocycles. The van der Waals surface area contributed by atoms with E-state index in [1.54, 1.807) is 11.3 Å². The zero-order valence-corrected chi connectivity index (χ0v) is 8.32. The van der Waals surface area contributed by atoms with Gasteiger partial charge in [-0.05, 0) is 24.8 Å². The first-order chi connectivity index (χ1) is 5.70. The molecular weight excluding hydrogens is 166 g/mol. The van der Waals surface area contributed by atoms with Crippen LogP contribution in [0.3, 0.4) is 0 Å². The Kier molecular flexibility index (Phi) is 2.88. The monoisotopic (exact) mass is 179 g/mol. The van der Waals surface area contributed by atoms with Crippen LogP contribution >= 0.6 is 11.3 Å². The second kappa shape index (κ2) is 3.73. The van der Waals surface area contributed by atoms with Gasteiger partial charge in [0.2, 0.25) is 0 Å². The van der Waals surface area contributed by atoms with Crippen molar-refractivity contribution in [2.24, 2.45) is 5.41 Å². The minimum Gasteiger partial charge on any atom is -0.198 e. The number of thiophene rings is 1. The Bertz CT molecular complexity index is 271. The predicted molar refractivity (Wildman–Crippen MR) is 52.0 cm³/mol. The lowest BCUT2D eigenvalue weighted by Gasteiger charge is -2.17. The maximum Gasteiger partial charge on any atom is 0.0690 e. The van der Waals surface area contributed by atoms with Crippen molar-refractivity contribution in [3.05, 3.63) is 22.4 Å². The van der Waals surface area contributed by atoms with Crippen LogP contribution in [-0.4, -0.2) is 0 Å². The summed E-state index contributed by atoms with van der Waals surface area (Å²) in [4.78, 5) is 1.31. The van der Waals surface area contributed by atoms with Crippen LogP contribution in [0.15, 0.2) is 17.5 Å². The predicted octanol–water partition coefficient (Wildman–Crippen LogP) is 3.23. The summed E-state index contributed by atoms with van der Waals surface area (Å²) in [5.41, 5.74) is -0.176. The van der Waals surface area contributed by atoms with Crippen molar-refractivity contribution in [1.29, 1.82) is 5.26 Å². The van der Waals surface area contributed by atoms with Crippen molar-refractivity contribution < 1.29 is 0 Å². The molecule has 1 rings (SSSR count). The number of hydrogen-bond acceptors (Lipinski definition) is 2. The Morgan fingerprint density at radius 3 is 2.83 bits per heavy atom. The molecule has 2 heteroatoms. The van der Waals surface area contributed by atoms with Gasteiger partial charge in [0.25, 0.3) is 0 Å². The third kappa shape index (κ3) is 2.09. The van der Waals surface area contributed by atoms with Crippen molar-refractivity contribution in [2.45, 2.75) is 26.7 Å². The van der Waals surface area contributed by atoms with Gasteiger partial charge in [0.1, 0.15) is 0 Å². The van der Waals surface area contributed by atoms with Gasteiger partial charge in [-0.3, -0.25) is 0 Å². The molecule has 0 aliphatic rings. The van der Waals surface area contributed by atoms with Gasteiger partial charge < -0.3 is 0 Å². The highest BCUT2D eigenvalue weighted by atomic mass is 32.1. The molecule has 0 aliphatic carbocycles. The SMILES string of the molecule is CCC(C)(C#N)Cc1cccs1. The van der Waals surface area contributed by atoms with Gasteiger partial charge in [0, 0.05) is 11.3 Å². The second-order valence-corrected chi connectivity index (χ2v) is 4.31. The van der Waals surface area contributed by atoms with E-state index >= 15 is 0 Å². The Morgan fingerprint density at radius 1 is 1.67 bits per heavy atom. The summed E-state index contributed by atoms with van der Waals surface area (Å²) in [5, 5.41) is 11.0. The van der Waals surface area contributed by atoms with E-state index in [0.717, 1.165) is 12.8 Å². The number of nitriles is 1. The summed E-state index contributed by atoms with van der Waals surface area (Å²) in [6, 6.07) is 6.50. The number of rotatable bonds is 3. The van der Waals surface area contributed by atoms with Crippen molar-refractivity contribution in [1.82, 2.24) is 0 Å². The van der Waals surface area contributed by atoms with E-state index in [-0.39, 0.29) is 5.41 Å². The van der Waals surface area contributed by atoms with E-state index in [1.165, 1.54) is 4.88 Å². The largest absolute Gasteiger partial charge is 0.198 e. The number of hydrogen-bond donors (Lipinski definition) is 0. The van der Waals surface area contributed by atoms with Crippen LogP contribution < -0.4 is 0 Å². The minimum atomic E-state index is -0.176. The Hall–Kier alpha value is -0.810. The van der Waals surface area contributed by atoms with Gasteiger partial charge in [-0.1, -0.05) is 13.0 Å². The average Bonchev–Trinajstić information content (AvgIpc) is 2.57. The molecule has 0 bridgehead atoms. The molecule has 1 nitrogen and oxygen atoms in total. The Balaban J connectivity index is 2.68. The van der Waals surface area contributed by atoms with E-state index in [0.29, 0.717) is 0 Å². The smallest absolute Gasteiger partial charge is 0.0690 e. The fourth-order valence-corrected chi connectivity index (χ4v) is 1.93. The molecule has 1 unspecified atom stereocenters. The standard InChI is InChI=1S/C10H13NS/c1-3-10(2,8-11)7-9-5-4-6-12-9/h4-6H,3,7H2,1-2H3. The van der Waals surface area contributed by atoms with Gasteiger partial charge >= 0.3 is 0 Å². The zero-order chi connectivity index (χ0) is 9.03. The summed E-state index contributed by atoms with van der Waals surface area (Å²) in [5.74, 6) is 0.